The van der Waals surface area contributed by atoms with Crippen LogP contribution < -0.4 is 0 Å². The molecule has 0 radical (unpaired) electrons. The van der Waals surface area contributed by atoms with E-state index in [1.807, 2.05) is 24.3 Å². The van der Waals surface area contributed by atoms with Crippen LogP contribution in [0.15, 0.2) is 36.5 Å². The zero-order chi connectivity index (χ0) is 14.2. The third-order valence-electron chi connectivity index (χ3n) is 3.68. The van der Waals surface area contributed by atoms with Gasteiger partial charge in [-0.2, -0.15) is 0 Å². The van der Waals surface area contributed by atoms with E-state index in [0.29, 0.717) is 5.56 Å². The highest BCUT2D eigenvalue weighted by molar-refractivity contribution is 5.89. The fourth-order valence-corrected chi connectivity index (χ4v) is 2.47. The molecule has 1 aliphatic rings. The van der Waals surface area contributed by atoms with Crippen molar-refractivity contribution in [1.29, 1.82) is 0 Å². The van der Waals surface area contributed by atoms with Gasteiger partial charge in [-0.25, -0.2) is 4.79 Å². The van der Waals surface area contributed by atoms with Crippen LogP contribution in [0.4, 0.5) is 0 Å². The maximum atomic E-state index is 11.3. The first-order valence-corrected chi connectivity index (χ1v) is 7.37. The minimum Gasteiger partial charge on any atom is -0.465 e. The number of hydrogen-bond acceptors (Lipinski definition) is 3. The number of carbonyl (C=O) groups is 1. The van der Waals surface area contributed by atoms with Gasteiger partial charge in [0.05, 0.1) is 12.7 Å². The van der Waals surface area contributed by atoms with Crippen LogP contribution in [0.5, 0.6) is 0 Å². The number of methoxy groups -OCH3 is 1. The van der Waals surface area contributed by atoms with Gasteiger partial charge in [0, 0.05) is 13.1 Å². The number of hydrogen-bond donors (Lipinski definition) is 0. The van der Waals surface area contributed by atoms with E-state index in [1.165, 1.54) is 45.0 Å². The number of benzene rings is 1. The Morgan fingerprint density at radius 1 is 1.20 bits per heavy atom. The molecular weight excluding hydrogens is 250 g/mol. The fraction of sp³-hybridized carbons (Fsp3) is 0.471. The van der Waals surface area contributed by atoms with Crippen molar-refractivity contribution in [3.63, 3.8) is 0 Å². The lowest BCUT2D eigenvalue weighted by Crippen LogP contribution is -2.24. The maximum absolute atomic E-state index is 11.3. The van der Waals surface area contributed by atoms with Crippen molar-refractivity contribution >= 4 is 5.97 Å². The minimum absolute atomic E-state index is 0.276. The van der Waals surface area contributed by atoms with Crippen molar-refractivity contribution < 1.29 is 9.53 Å². The number of nitrogens with zero attached hydrogens (tertiary/aromatic N) is 1. The van der Waals surface area contributed by atoms with Crippen LogP contribution >= 0.6 is 0 Å². The van der Waals surface area contributed by atoms with Crippen LogP contribution in [-0.4, -0.2) is 31.1 Å². The summed E-state index contributed by atoms with van der Waals surface area (Å²) < 4.78 is 4.69. The van der Waals surface area contributed by atoms with Crippen molar-refractivity contribution in [2.45, 2.75) is 32.1 Å². The molecule has 3 nitrogen and oxygen atoms in total. The molecule has 1 saturated heterocycles. The average molecular weight is 273 g/mol. The summed E-state index contributed by atoms with van der Waals surface area (Å²) in [6.45, 7) is 2.40. The van der Waals surface area contributed by atoms with Crippen LogP contribution in [0, 0.1) is 0 Å². The first kappa shape index (κ1) is 14.6. The summed E-state index contributed by atoms with van der Waals surface area (Å²) in [5.74, 6) is -0.276. The number of aryl methyl sites for hydroxylation is 1. The van der Waals surface area contributed by atoms with E-state index in [4.69, 9.17) is 0 Å². The van der Waals surface area contributed by atoms with Gasteiger partial charge in [0.25, 0.3) is 0 Å². The Bertz CT molecular complexity index is 445. The fourth-order valence-electron chi connectivity index (χ4n) is 2.47. The zero-order valence-electron chi connectivity index (χ0n) is 12.2. The van der Waals surface area contributed by atoms with Gasteiger partial charge in [-0.1, -0.05) is 18.2 Å². The number of carbonyl (C=O) groups excluding carboxylic acids is 1. The second-order valence-electron chi connectivity index (χ2n) is 5.21. The number of piperidine rings is 1. The molecule has 1 aliphatic heterocycles. The molecule has 0 unspecified atom stereocenters. The summed E-state index contributed by atoms with van der Waals surface area (Å²) in [5.41, 5.74) is 1.86. The van der Waals surface area contributed by atoms with Crippen molar-refractivity contribution in [1.82, 2.24) is 4.90 Å². The van der Waals surface area contributed by atoms with Gasteiger partial charge in [0.1, 0.15) is 0 Å². The Balaban J connectivity index is 1.76. The monoisotopic (exact) mass is 273 g/mol. The molecule has 0 atom stereocenters. The Morgan fingerprint density at radius 2 is 1.90 bits per heavy atom. The molecule has 1 aromatic carbocycles. The van der Waals surface area contributed by atoms with Crippen molar-refractivity contribution in [3.05, 3.63) is 47.7 Å². The van der Waals surface area contributed by atoms with Crippen LogP contribution in [0.25, 0.3) is 0 Å². The number of allylic oxidation sites excluding steroid dienone is 1. The number of rotatable bonds is 5. The molecule has 1 fully saturated rings. The largest absolute Gasteiger partial charge is 0.465 e. The molecule has 0 amide bonds. The SMILES string of the molecule is COC(=O)c1ccc(CC/C=C/N2CCCCC2)cc1. The van der Waals surface area contributed by atoms with Gasteiger partial charge in [-0.05, 0) is 56.0 Å². The first-order chi connectivity index (χ1) is 9.79. The average Bonchev–Trinajstić information content (AvgIpc) is 2.52. The Morgan fingerprint density at radius 3 is 2.55 bits per heavy atom. The van der Waals surface area contributed by atoms with E-state index < -0.39 is 0 Å². The van der Waals surface area contributed by atoms with Crippen LogP contribution in [-0.2, 0) is 11.2 Å². The van der Waals surface area contributed by atoms with Crippen molar-refractivity contribution in [2.75, 3.05) is 20.2 Å². The number of likely N-dealkylation sites (tertiary alicyclic amines) is 1. The summed E-state index contributed by atoms with van der Waals surface area (Å²) in [6, 6.07) is 7.66. The molecule has 1 heterocycles. The molecule has 2 rings (SSSR count). The van der Waals surface area contributed by atoms with Gasteiger partial charge in [0.2, 0.25) is 0 Å². The molecule has 20 heavy (non-hydrogen) atoms. The molecule has 0 saturated carbocycles. The third-order valence-corrected chi connectivity index (χ3v) is 3.68. The Hall–Kier alpha value is -1.77. The Kier molecular flexibility index (Phi) is 5.66. The smallest absolute Gasteiger partial charge is 0.337 e. The van der Waals surface area contributed by atoms with E-state index in [2.05, 4.69) is 21.9 Å². The number of ether oxygens (including phenoxy) is 1. The van der Waals surface area contributed by atoms with Crippen LogP contribution in [0.1, 0.15) is 41.6 Å². The first-order valence-electron chi connectivity index (χ1n) is 7.37. The van der Waals surface area contributed by atoms with Gasteiger partial charge in [-0.15, -0.1) is 0 Å². The van der Waals surface area contributed by atoms with Crippen LogP contribution in [0.2, 0.25) is 0 Å². The Labute approximate surface area is 121 Å². The van der Waals surface area contributed by atoms with E-state index in [0.717, 1.165) is 12.8 Å². The van der Waals surface area contributed by atoms with Crippen LogP contribution in [0.3, 0.4) is 0 Å². The molecule has 3 heteroatoms. The lowest BCUT2D eigenvalue weighted by molar-refractivity contribution is 0.0600. The van der Waals surface area contributed by atoms with Crippen molar-refractivity contribution in [3.8, 4) is 0 Å². The lowest BCUT2D eigenvalue weighted by Gasteiger charge is -2.24. The second-order valence-corrected chi connectivity index (χ2v) is 5.21. The third kappa shape index (κ3) is 4.41. The summed E-state index contributed by atoms with van der Waals surface area (Å²) in [4.78, 5) is 13.7. The number of esters is 1. The van der Waals surface area contributed by atoms with E-state index in [9.17, 15) is 4.79 Å². The lowest BCUT2D eigenvalue weighted by atomic mass is 10.1. The zero-order valence-corrected chi connectivity index (χ0v) is 12.2. The van der Waals surface area contributed by atoms with Gasteiger partial charge in [-0.3, -0.25) is 0 Å². The standard InChI is InChI=1S/C17H23NO2/c1-20-17(19)16-10-8-15(9-11-16)7-3-6-14-18-12-4-2-5-13-18/h6,8-11,14H,2-5,7,12-13H2,1H3/b14-6+. The molecular formula is C17H23NO2. The normalized spacial score (nSPS) is 15.6. The summed E-state index contributed by atoms with van der Waals surface area (Å²) in [5, 5.41) is 0. The highest BCUT2D eigenvalue weighted by Gasteiger charge is 2.05. The maximum Gasteiger partial charge on any atom is 0.337 e. The topological polar surface area (TPSA) is 29.5 Å². The van der Waals surface area contributed by atoms with E-state index in [1.54, 1.807) is 0 Å². The van der Waals surface area contributed by atoms with Gasteiger partial charge < -0.3 is 9.64 Å². The molecule has 1 aromatic rings. The highest BCUT2D eigenvalue weighted by Crippen LogP contribution is 2.11. The second kappa shape index (κ2) is 7.73. The predicted molar refractivity (Wildman–Crippen MR) is 80.7 cm³/mol. The van der Waals surface area contributed by atoms with E-state index >= 15 is 0 Å². The molecule has 0 aliphatic carbocycles. The molecule has 0 aromatic heterocycles. The molecule has 0 bridgehead atoms. The summed E-state index contributed by atoms with van der Waals surface area (Å²) in [7, 11) is 1.40. The predicted octanol–water partition coefficient (Wildman–Crippen LogP) is 3.41. The van der Waals surface area contributed by atoms with E-state index in [-0.39, 0.29) is 5.97 Å². The van der Waals surface area contributed by atoms with Gasteiger partial charge >= 0.3 is 5.97 Å². The molecule has 108 valence electrons. The van der Waals surface area contributed by atoms with Crippen molar-refractivity contribution in [2.24, 2.45) is 0 Å². The molecule has 0 spiro atoms. The minimum atomic E-state index is -0.276. The highest BCUT2D eigenvalue weighted by atomic mass is 16.5. The molecule has 0 N–H and O–H groups in total. The van der Waals surface area contributed by atoms with Gasteiger partial charge in [0.15, 0.2) is 0 Å². The summed E-state index contributed by atoms with van der Waals surface area (Å²) in [6.07, 6.45) is 10.5. The quantitative estimate of drug-likeness (QED) is 0.770. The summed E-state index contributed by atoms with van der Waals surface area (Å²) >= 11 is 0.